The molecule has 0 saturated heterocycles. The fourth-order valence-corrected chi connectivity index (χ4v) is 2.93. The lowest BCUT2D eigenvalue weighted by Gasteiger charge is -2.13. The van der Waals surface area contributed by atoms with Gasteiger partial charge in [0.25, 0.3) is 0 Å². The lowest BCUT2D eigenvalue weighted by Crippen LogP contribution is -2.14. The summed E-state index contributed by atoms with van der Waals surface area (Å²) in [5, 5.41) is 4.56. The molecule has 20 heavy (non-hydrogen) atoms. The molecule has 0 bridgehead atoms. The average molecular weight is 293 g/mol. The molecule has 0 N–H and O–H groups in total. The maximum Gasteiger partial charge on any atom is 0.166 e. The van der Waals surface area contributed by atoms with Crippen molar-refractivity contribution < 1.29 is 9.18 Å². The number of aryl methyl sites for hydroxylation is 1. The molecule has 1 heterocycles. The highest BCUT2D eigenvalue weighted by Crippen LogP contribution is 2.25. The van der Waals surface area contributed by atoms with Crippen LogP contribution in [0.1, 0.15) is 40.2 Å². The van der Waals surface area contributed by atoms with E-state index in [4.69, 9.17) is 11.6 Å². The highest BCUT2D eigenvalue weighted by molar-refractivity contribution is 6.30. The number of rotatable bonds is 2. The lowest BCUT2D eigenvalue weighted by molar-refractivity contribution is 0.0971. The van der Waals surface area contributed by atoms with Gasteiger partial charge in [-0.15, -0.1) is 0 Å². The van der Waals surface area contributed by atoms with Crippen molar-refractivity contribution in [2.45, 2.75) is 32.7 Å². The minimum absolute atomic E-state index is 0.108. The molecule has 3 rings (SSSR count). The van der Waals surface area contributed by atoms with Gasteiger partial charge in [0.2, 0.25) is 0 Å². The first kappa shape index (κ1) is 13.3. The van der Waals surface area contributed by atoms with Crippen molar-refractivity contribution in [3.63, 3.8) is 0 Å². The molecule has 0 atom stereocenters. The molecule has 0 aliphatic heterocycles. The zero-order valence-corrected chi connectivity index (χ0v) is 11.9. The Morgan fingerprint density at radius 2 is 2.20 bits per heavy atom. The number of carbonyl (C=O) groups excluding carboxylic acids is 1. The zero-order chi connectivity index (χ0) is 14.3. The zero-order valence-electron chi connectivity index (χ0n) is 11.1. The van der Waals surface area contributed by atoms with Gasteiger partial charge in [0.1, 0.15) is 5.82 Å². The topological polar surface area (TPSA) is 34.9 Å². The van der Waals surface area contributed by atoms with E-state index in [1.807, 2.05) is 11.6 Å². The Balaban J connectivity index is 1.97. The van der Waals surface area contributed by atoms with Gasteiger partial charge in [-0.25, -0.2) is 4.39 Å². The summed E-state index contributed by atoms with van der Waals surface area (Å²) in [7, 11) is 0. The Bertz CT molecular complexity index is 693. The van der Waals surface area contributed by atoms with Gasteiger partial charge in [0.15, 0.2) is 5.78 Å². The van der Waals surface area contributed by atoms with E-state index in [-0.39, 0.29) is 10.8 Å². The third-order valence-corrected chi connectivity index (χ3v) is 3.93. The Morgan fingerprint density at radius 3 is 2.95 bits per heavy atom. The predicted octanol–water partition coefficient (Wildman–Crippen LogP) is 3.55. The van der Waals surface area contributed by atoms with Crippen molar-refractivity contribution >= 4 is 17.4 Å². The first-order valence-electron chi connectivity index (χ1n) is 6.59. The molecule has 1 aliphatic rings. The summed E-state index contributed by atoms with van der Waals surface area (Å²) in [5.74, 6) is -0.253. The molecule has 0 unspecified atom stereocenters. The molecule has 0 saturated carbocycles. The van der Waals surface area contributed by atoms with Crippen LogP contribution in [0.5, 0.6) is 0 Å². The van der Waals surface area contributed by atoms with E-state index in [0.717, 1.165) is 35.4 Å². The quantitative estimate of drug-likeness (QED) is 0.848. The van der Waals surface area contributed by atoms with Crippen LogP contribution in [0.2, 0.25) is 5.02 Å². The molecule has 5 heteroatoms. The summed E-state index contributed by atoms with van der Waals surface area (Å²) in [6.07, 6.45) is 2.32. The molecule has 0 amide bonds. The van der Waals surface area contributed by atoms with Gasteiger partial charge in [0.05, 0.1) is 22.8 Å². The van der Waals surface area contributed by atoms with Crippen LogP contribution in [0.25, 0.3) is 0 Å². The van der Waals surface area contributed by atoms with Crippen molar-refractivity contribution in [2.24, 2.45) is 0 Å². The predicted molar refractivity (Wildman–Crippen MR) is 74.7 cm³/mol. The number of nitrogens with zero attached hydrogens (tertiary/aromatic N) is 2. The molecule has 0 fully saturated rings. The second-order valence-electron chi connectivity index (χ2n) is 5.09. The van der Waals surface area contributed by atoms with E-state index in [0.29, 0.717) is 13.0 Å². The van der Waals surface area contributed by atoms with E-state index < -0.39 is 5.82 Å². The van der Waals surface area contributed by atoms with Crippen LogP contribution < -0.4 is 0 Å². The van der Waals surface area contributed by atoms with Crippen LogP contribution in [-0.4, -0.2) is 15.6 Å². The van der Waals surface area contributed by atoms with Gasteiger partial charge in [-0.3, -0.25) is 9.48 Å². The molecule has 2 aromatic rings. The summed E-state index contributed by atoms with van der Waals surface area (Å²) < 4.78 is 15.0. The standard InChI is InChI=1S/C15H14ClFN2O/c1-9-15-13(3-2-4-14(15)20)19(18-9)8-10-5-6-12(17)11(16)7-10/h5-7H,2-4,8H2,1H3. The van der Waals surface area contributed by atoms with Crippen molar-refractivity contribution in [1.29, 1.82) is 0 Å². The minimum Gasteiger partial charge on any atom is -0.294 e. The Hall–Kier alpha value is -1.68. The monoisotopic (exact) mass is 292 g/mol. The first-order chi connectivity index (χ1) is 9.56. The summed E-state index contributed by atoms with van der Waals surface area (Å²) in [6.45, 7) is 2.36. The Kier molecular flexibility index (Phi) is 3.34. The van der Waals surface area contributed by atoms with E-state index in [9.17, 15) is 9.18 Å². The number of hydrogen-bond donors (Lipinski definition) is 0. The van der Waals surface area contributed by atoms with E-state index >= 15 is 0 Å². The summed E-state index contributed by atoms with van der Waals surface area (Å²) in [6, 6.07) is 4.64. The highest BCUT2D eigenvalue weighted by Gasteiger charge is 2.24. The number of ketones is 1. The normalized spacial score (nSPS) is 14.4. The number of Topliss-reactive ketones (excluding diaryl/α,β-unsaturated/α-hetero) is 1. The Labute approximate surface area is 121 Å². The minimum atomic E-state index is -0.427. The fraction of sp³-hybridized carbons (Fsp3) is 0.333. The molecular formula is C15H14ClFN2O. The Morgan fingerprint density at radius 1 is 1.40 bits per heavy atom. The molecule has 3 nitrogen and oxygen atoms in total. The van der Waals surface area contributed by atoms with Gasteiger partial charge in [-0.05, 0) is 37.5 Å². The maximum absolute atomic E-state index is 13.2. The van der Waals surface area contributed by atoms with Crippen LogP contribution in [0.15, 0.2) is 18.2 Å². The van der Waals surface area contributed by atoms with E-state index in [2.05, 4.69) is 5.10 Å². The van der Waals surface area contributed by atoms with E-state index in [1.54, 1.807) is 12.1 Å². The smallest absolute Gasteiger partial charge is 0.166 e. The summed E-state index contributed by atoms with van der Waals surface area (Å²) in [5.41, 5.74) is 3.40. The molecule has 1 aromatic heterocycles. The maximum atomic E-state index is 13.2. The molecular weight excluding hydrogens is 279 g/mol. The van der Waals surface area contributed by atoms with Crippen molar-refractivity contribution in [2.75, 3.05) is 0 Å². The van der Waals surface area contributed by atoms with Crippen molar-refractivity contribution in [3.8, 4) is 0 Å². The number of fused-ring (bicyclic) bond motifs is 1. The lowest BCUT2D eigenvalue weighted by atomic mass is 9.95. The van der Waals surface area contributed by atoms with Gasteiger partial charge in [0, 0.05) is 12.1 Å². The van der Waals surface area contributed by atoms with Crippen LogP contribution in [0.4, 0.5) is 4.39 Å². The molecule has 1 aliphatic carbocycles. The number of benzene rings is 1. The van der Waals surface area contributed by atoms with Gasteiger partial charge < -0.3 is 0 Å². The van der Waals surface area contributed by atoms with Crippen molar-refractivity contribution in [3.05, 3.63) is 51.6 Å². The first-order valence-corrected chi connectivity index (χ1v) is 6.97. The molecule has 1 aromatic carbocycles. The van der Waals surface area contributed by atoms with Gasteiger partial charge >= 0.3 is 0 Å². The van der Waals surface area contributed by atoms with Crippen LogP contribution >= 0.6 is 11.6 Å². The van der Waals surface area contributed by atoms with Crippen molar-refractivity contribution in [1.82, 2.24) is 9.78 Å². The molecule has 104 valence electrons. The number of aromatic nitrogens is 2. The number of hydrogen-bond acceptors (Lipinski definition) is 2. The SMILES string of the molecule is Cc1nn(Cc2ccc(F)c(Cl)c2)c2c1C(=O)CCC2. The molecule has 0 radical (unpaired) electrons. The third-order valence-electron chi connectivity index (χ3n) is 3.65. The summed E-state index contributed by atoms with van der Waals surface area (Å²) in [4.78, 5) is 11.9. The summed E-state index contributed by atoms with van der Waals surface area (Å²) >= 11 is 5.79. The number of carbonyl (C=O) groups is 1. The van der Waals surface area contributed by atoms with E-state index in [1.165, 1.54) is 6.07 Å². The largest absolute Gasteiger partial charge is 0.294 e. The average Bonchev–Trinajstić information content (AvgIpc) is 2.72. The van der Waals surface area contributed by atoms with Gasteiger partial charge in [-0.2, -0.15) is 5.10 Å². The second kappa shape index (κ2) is 5.02. The fourth-order valence-electron chi connectivity index (χ4n) is 2.73. The third kappa shape index (κ3) is 2.24. The van der Waals surface area contributed by atoms with Crippen LogP contribution in [0.3, 0.4) is 0 Å². The number of halogens is 2. The van der Waals surface area contributed by atoms with Gasteiger partial charge in [-0.1, -0.05) is 17.7 Å². The molecule has 0 spiro atoms. The van der Waals surface area contributed by atoms with Crippen LogP contribution in [-0.2, 0) is 13.0 Å². The second-order valence-corrected chi connectivity index (χ2v) is 5.50. The van der Waals surface area contributed by atoms with Crippen LogP contribution in [0, 0.1) is 12.7 Å². The highest BCUT2D eigenvalue weighted by atomic mass is 35.5.